The minimum absolute atomic E-state index is 0.0102. The van der Waals surface area contributed by atoms with E-state index >= 15 is 4.39 Å². The third kappa shape index (κ3) is 6.09. The number of nitrogens with zero attached hydrogens (tertiary/aromatic N) is 6. The highest BCUT2D eigenvalue weighted by Gasteiger charge is 2.37. The summed E-state index contributed by atoms with van der Waals surface area (Å²) in [6.45, 7) is 20.5. The third-order valence-electron chi connectivity index (χ3n) is 8.50. The molecule has 0 atom stereocenters. The number of aryl methyl sites for hydroxylation is 1. The number of benzene rings is 1. The van der Waals surface area contributed by atoms with E-state index in [1.54, 1.807) is 6.07 Å². The average Bonchev–Trinajstić information content (AvgIpc) is 3.25. The molecule has 224 valence electrons. The summed E-state index contributed by atoms with van der Waals surface area (Å²) in [6.07, 6.45) is 1.92. The summed E-state index contributed by atoms with van der Waals surface area (Å²) in [5.41, 5.74) is 3.39. The van der Waals surface area contributed by atoms with Gasteiger partial charge in [0.2, 0.25) is 5.95 Å². The van der Waals surface area contributed by atoms with Crippen molar-refractivity contribution in [3.63, 3.8) is 0 Å². The summed E-state index contributed by atoms with van der Waals surface area (Å²) in [6, 6.07) is 7.02. The molecule has 3 aromatic heterocycles. The molecule has 4 heterocycles. The first-order valence-electron chi connectivity index (χ1n) is 14.6. The van der Waals surface area contributed by atoms with E-state index in [4.69, 9.17) is 9.41 Å². The zero-order chi connectivity index (χ0) is 30.4. The van der Waals surface area contributed by atoms with Crippen LogP contribution in [-0.4, -0.2) is 57.4 Å². The lowest BCUT2D eigenvalue weighted by Crippen LogP contribution is -2.43. The lowest BCUT2D eigenvalue weighted by atomic mass is 10.1. The molecule has 0 unspecified atom stereocenters. The molecule has 0 fully saturated rings. The Kier molecular flexibility index (Phi) is 8.21. The Morgan fingerprint density at radius 3 is 2.55 bits per heavy atom. The standard InChI is InChI=1S/C31H41F2N7OSi/c1-19(2)40-20(3)35-29-23(32)15-22(16-26(29)40)28-24(33)17-34-30(38-28)37-27-10-9-21-18-39(12-11-25(21)36-27)13-14-41-42(7,8)31(4,5)6/h9-10,15-17,19H,11-14,18H2,1-8H3,(H,34,36,37,38). The summed E-state index contributed by atoms with van der Waals surface area (Å²) >= 11 is 0. The molecule has 11 heteroatoms. The number of halogens is 2. The fourth-order valence-electron chi connectivity index (χ4n) is 5.18. The predicted octanol–water partition coefficient (Wildman–Crippen LogP) is 7.18. The fourth-order valence-corrected chi connectivity index (χ4v) is 6.22. The van der Waals surface area contributed by atoms with Gasteiger partial charge in [-0.25, -0.2) is 28.7 Å². The smallest absolute Gasteiger partial charge is 0.229 e. The molecule has 8 nitrogen and oxygen atoms in total. The first-order valence-corrected chi connectivity index (χ1v) is 17.5. The van der Waals surface area contributed by atoms with Crippen LogP contribution >= 0.6 is 0 Å². The molecule has 1 aliphatic heterocycles. The molecule has 0 saturated carbocycles. The first kappa shape index (κ1) is 30.2. The van der Waals surface area contributed by atoms with Crippen molar-refractivity contribution in [2.24, 2.45) is 0 Å². The number of nitrogens with one attached hydrogen (secondary N) is 1. The van der Waals surface area contributed by atoms with Gasteiger partial charge in [0.05, 0.1) is 11.7 Å². The molecule has 0 spiro atoms. The molecule has 0 aliphatic carbocycles. The molecule has 1 N–H and O–H groups in total. The van der Waals surface area contributed by atoms with Crippen molar-refractivity contribution >= 4 is 31.1 Å². The van der Waals surface area contributed by atoms with Crippen molar-refractivity contribution in [3.05, 3.63) is 59.2 Å². The molecule has 0 saturated heterocycles. The van der Waals surface area contributed by atoms with E-state index in [0.29, 0.717) is 22.7 Å². The Labute approximate surface area is 247 Å². The van der Waals surface area contributed by atoms with Gasteiger partial charge in [-0.05, 0) is 62.7 Å². The number of aromatic nitrogens is 5. The highest BCUT2D eigenvalue weighted by molar-refractivity contribution is 6.74. The van der Waals surface area contributed by atoms with Crippen LogP contribution in [0.3, 0.4) is 0 Å². The molecule has 1 aliphatic rings. The normalized spacial score (nSPS) is 14.5. The fraction of sp³-hybridized carbons (Fsp3) is 0.484. The van der Waals surface area contributed by atoms with Gasteiger partial charge >= 0.3 is 0 Å². The second kappa shape index (κ2) is 11.4. The maximum Gasteiger partial charge on any atom is 0.229 e. The third-order valence-corrected chi connectivity index (χ3v) is 13.0. The molecular formula is C31H41F2N7OSi. The van der Waals surface area contributed by atoms with Crippen LogP contribution in [0.25, 0.3) is 22.3 Å². The highest BCUT2D eigenvalue weighted by Crippen LogP contribution is 2.36. The second-order valence-corrected chi connectivity index (χ2v) is 17.7. The number of hydrogen-bond donors (Lipinski definition) is 1. The van der Waals surface area contributed by atoms with E-state index in [1.165, 1.54) is 11.6 Å². The van der Waals surface area contributed by atoms with Crippen molar-refractivity contribution in [3.8, 4) is 11.3 Å². The minimum atomic E-state index is -1.76. The molecule has 1 aromatic carbocycles. The molecular weight excluding hydrogens is 552 g/mol. The summed E-state index contributed by atoms with van der Waals surface area (Å²) in [7, 11) is -1.76. The van der Waals surface area contributed by atoms with Gasteiger partial charge in [0, 0.05) is 50.0 Å². The SMILES string of the molecule is Cc1nc2c(F)cc(-c3nc(Nc4ccc5c(n4)CCN(CCO[Si](C)(C)C(C)(C)C)C5)ncc3F)cc2n1C(C)C. The largest absolute Gasteiger partial charge is 0.416 e. The Balaban J connectivity index is 1.30. The molecule has 42 heavy (non-hydrogen) atoms. The lowest BCUT2D eigenvalue weighted by Gasteiger charge is -2.37. The zero-order valence-electron chi connectivity index (χ0n) is 25.8. The van der Waals surface area contributed by atoms with Crippen molar-refractivity contribution in [2.45, 2.75) is 78.7 Å². The Bertz CT molecular complexity index is 1610. The minimum Gasteiger partial charge on any atom is -0.416 e. The van der Waals surface area contributed by atoms with Gasteiger partial charge in [0.1, 0.15) is 22.9 Å². The van der Waals surface area contributed by atoms with Gasteiger partial charge in [0.25, 0.3) is 0 Å². The number of hydrogen-bond acceptors (Lipinski definition) is 7. The number of fused-ring (bicyclic) bond motifs is 2. The van der Waals surface area contributed by atoms with E-state index in [0.717, 1.165) is 44.6 Å². The number of anilines is 2. The summed E-state index contributed by atoms with van der Waals surface area (Å²) in [5, 5.41) is 3.31. The second-order valence-electron chi connectivity index (χ2n) is 12.9. The molecule has 0 bridgehead atoms. The van der Waals surface area contributed by atoms with Gasteiger partial charge in [-0.1, -0.05) is 26.8 Å². The predicted molar refractivity (Wildman–Crippen MR) is 165 cm³/mol. The lowest BCUT2D eigenvalue weighted by molar-refractivity contribution is 0.186. The van der Waals surface area contributed by atoms with Crippen LogP contribution in [0.15, 0.2) is 30.5 Å². The van der Waals surface area contributed by atoms with Crippen molar-refractivity contribution < 1.29 is 13.2 Å². The molecule has 5 rings (SSSR count). The van der Waals surface area contributed by atoms with Gasteiger partial charge in [-0.2, -0.15) is 0 Å². The van der Waals surface area contributed by atoms with Crippen LogP contribution in [0, 0.1) is 18.6 Å². The Hall–Kier alpha value is -3.28. The molecule has 0 radical (unpaired) electrons. The van der Waals surface area contributed by atoms with Crippen molar-refractivity contribution in [1.82, 2.24) is 29.4 Å². The Morgan fingerprint density at radius 1 is 1.07 bits per heavy atom. The van der Waals surface area contributed by atoms with Crippen LogP contribution in [0.2, 0.25) is 18.1 Å². The van der Waals surface area contributed by atoms with E-state index in [1.807, 2.05) is 31.4 Å². The zero-order valence-corrected chi connectivity index (χ0v) is 26.8. The van der Waals surface area contributed by atoms with E-state index < -0.39 is 20.0 Å². The van der Waals surface area contributed by atoms with Crippen molar-refractivity contribution in [1.29, 1.82) is 0 Å². The highest BCUT2D eigenvalue weighted by atomic mass is 28.4. The quantitative estimate of drug-likeness (QED) is 0.217. The number of imidazole rings is 1. The average molecular weight is 594 g/mol. The first-order chi connectivity index (χ1) is 19.7. The maximum atomic E-state index is 15.0. The van der Waals surface area contributed by atoms with Crippen LogP contribution in [-0.2, 0) is 17.4 Å². The van der Waals surface area contributed by atoms with Gasteiger partial charge < -0.3 is 14.3 Å². The van der Waals surface area contributed by atoms with Crippen LogP contribution in [0.5, 0.6) is 0 Å². The number of pyridine rings is 1. The van der Waals surface area contributed by atoms with E-state index in [-0.39, 0.29) is 28.2 Å². The summed E-state index contributed by atoms with van der Waals surface area (Å²) < 4.78 is 38.3. The molecule has 0 amide bonds. The van der Waals surface area contributed by atoms with Crippen molar-refractivity contribution in [2.75, 3.05) is 25.0 Å². The van der Waals surface area contributed by atoms with Crippen LogP contribution in [0.1, 0.15) is 57.7 Å². The summed E-state index contributed by atoms with van der Waals surface area (Å²) in [5.74, 6) is 0.309. The summed E-state index contributed by atoms with van der Waals surface area (Å²) in [4.78, 5) is 20.1. The Morgan fingerprint density at radius 2 is 1.83 bits per heavy atom. The number of rotatable bonds is 8. The topological polar surface area (TPSA) is 81.0 Å². The van der Waals surface area contributed by atoms with Crippen LogP contribution in [0.4, 0.5) is 20.5 Å². The maximum absolute atomic E-state index is 15.0. The van der Waals surface area contributed by atoms with E-state index in [2.05, 4.69) is 65.1 Å². The van der Waals surface area contributed by atoms with Gasteiger partial charge in [-0.3, -0.25) is 4.90 Å². The monoisotopic (exact) mass is 593 g/mol. The van der Waals surface area contributed by atoms with Crippen LogP contribution < -0.4 is 5.32 Å². The molecule has 4 aromatic rings. The van der Waals surface area contributed by atoms with Gasteiger partial charge in [0.15, 0.2) is 20.0 Å². The van der Waals surface area contributed by atoms with Gasteiger partial charge in [-0.15, -0.1) is 0 Å². The van der Waals surface area contributed by atoms with E-state index in [9.17, 15) is 4.39 Å².